The number of anilines is 1. The molecule has 0 fully saturated rings. The van der Waals surface area contributed by atoms with E-state index in [2.05, 4.69) is 5.43 Å². The second-order valence-electron chi connectivity index (χ2n) is 2.97. The fourth-order valence-electron chi connectivity index (χ4n) is 1.27. The first kappa shape index (κ1) is 9.26. The molecule has 0 atom stereocenters. The lowest BCUT2D eigenvalue weighted by Crippen LogP contribution is -2.10. The molecule has 1 aromatic carbocycles. The van der Waals surface area contributed by atoms with Gasteiger partial charge in [0.25, 0.3) is 0 Å². The van der Waals surface area contributed by atoms with Crippen LogP contribution in [0, 0.1) is 10.1 Å². The zero-order valence-corrected chi connectivity index (χ0v) is 7.83. The molecule has 5 heteroatoms. The van der Waals surface area contributed by atoms with Crippen LogP contribution in [0.2, 0.25) is 0 Å². The summed E-state index contributed by atoms with van der Waals surface area (Å²) < 4.78 is 1.37. The predicted molar refractivity (Wildman–Crippen MR) is 56.5 cm³/mol. The van der Waals surface area contributed by atoms with Gasteiger partial charge in [0.1, 0.15) is 6.20 Å². The van der Waals surface area contributed by atoms with Gasteiger partial charge in [0, 0.05) is 6.07 Å². The van der Waals surface area contributed by atoms with Crippen LogP contribution in [0.5, 0.6) is 0 Å². The molecule has 0 spiro atoms. The number of benzene rings is 1. The van der Waals surface area contributed by atoms with Gasteiger partial charge in [-0.3, -0.25) is 0 Å². The topological polar surface area (TPSA) is 60.1 Å². The molecule has 0 saturated heterocycles. The first-order valence-corrected chi connectivity index (χ1v) is 4.41. The summed E-state index contributed by atoms with van der Waals surface area (Å²) in [6.45, 7) is 0. The second-order valence-corrected chi connectivity index (χ2v) is 2.97. The highest BCUT2D eigenvalue weighted by Crippen LogP contribution is 2.13. The summed E-state index contributed by atoms with van der Waals surface area (Å²) in [4.78, 5) is 10.2. The van der Waals surface area contributed by atoms with Crippen molar-refractivity contribution in [3.63, 3.8) is 0 Å². The number of aromatic nitrogens is 1. The third kappa shape index (κ3) is 1.96. The summed E-state index contributed by atoms with van der Waals surface area (Å²) >= 11 is 0. The summed E-state index contributed by atoms with van der Waals surface area (Å²) in [5.74, 6) is 0.0128. The van der Waals surface area contributed by atoms with Gasteiger partial charge in [-0.15, -0.1) is 4.68 Å². The Morgan fingerprint density at radius 3 is 2.53 bits per heavy atom. The smallest absolute Gasteiger partial charge is 0.346 e. The van der Waals surface area contributed by atoms with Crippen molar-refractivity contribution in [3.8, 4) is 0 Å². The SMILES string of the molecule is O=[N+]([O-])c1cccn1Nc1ccccc1. The van der Waals surface area contributed by atoms with E-state index < -0.39 is 4.92 Å². The van der Waals surface area contributed by atoms with Crippen LogP contribution in [-0.2, 0) is 0 Å². The Labute approximate surface area is 86.1 Å². The summed E-state index contributed by atoms with van der Waals surface area (Å²) in [5.41, 5.74) is 3.71. The monoisotopic (exact) mass is 203 g/mol. The summed E-state index contributed by atoms with van der Waals surface area (Å²) in [7, 11) is 0. The Hall–Kier alpha value is -2.30. The lowest BCUT2D eigenvalue weighted by molar-refractivity contribution is -0.391. The summed E-state index contributed by atoms with van der Waals surface area (Å²) in [6, 6.07) is 12.3. The van der Waals surface area contributed by atoms with Gasteiger partial charge in [-0.2, -0.15) is 0 Å². The van der Waals surface area contributed by atoms with Crippen molar-refractivity contribution < 1.29 is 4.92 Å². The zero-order valence-electron chi connectivity index (χ0n) is 7.83. The Morgan fingerprint density at radius 1 is 1.13 bits per heavy atom. The normalized spacial score (nSPS) is 9.87. The molecule has 5 nitrogen and oxygen atoms in total. The lowest BCUT2D eigenvalue weighted by atomic mass is 10.3. The van der Waals surface area contributed by atoms with Crippen LogP contribution in [0.15, 0.2) is 48.7 Å². The maximum Gasteiger partial charge on any atom is 0.346 e. The second kappa shape index (κ2) is 3.83. The molecule has 0 aliphatic carbocycles. The van der Waals surface area contributed by atoms with E-state index in [1.165, 1.54) is 10.7 Å². The summed E-state index contributed by atoms with van der Waals surface area (Å²) in [5, 5.41) is 10.6. The number of nitrogens with zero attached hydrogens (tertiary/aromatic N) is 2. The maximum atomic E-state index is 10.6. The maximum absolute atomic E-state index is 10.6. The first-order valence-electron chi connectivity index (χ1n) is 4.41. The van der Waals surface area contributed by atoms with Crippen LogP contribution in [0.4, 0.5) is 11.5 Å². The minimum Gasteiger partial charge on any atom is -0.358 e. The van der Waals surface area contributed by atoms with Crippen LogP contribution in [0.25, 0.3) is 0 Å². The van der Waals surface area contributed by atoms with Crippen molar-refractivity contribution >= 4 is 11.5 Å². The van der Waals surface area contributed by atoms with Crippen LogP contribution < -0.4 is 5.43 Å². The van der Waals surface area contributed by atoms with Gasteiger partial charge in [0.15, 0.2) is 0 Å². The van der Waals surface area contributed by atoms with Crippen LogP contribution in [0.3, 0.4) is 0 Å². The Kier molecular flexibility index (Phi) is 2.37. The molecule has 1 N–H and O–H groups in total. The number of hydrogen-bond acceptors (Lipinski definition) is 3. The number of para-hydroxylation sites is 1. The van der Waals surface area contributed by atoms with Crippen LogP contribution >= 0.6 is 0 Å². The molecule has 2 aromatic rings. The molecule has 0 radical (unpaired) electrons. The van der Waals surface area contributed by atoms with E-state index in [9.17, 15) is 10.1 Å². The fraction of sp³-hybridized carbons (Fsp3) is 0. The quantitative estimate of drug-likeness (QED) is 0.614. The van der Waals surface area contributed by atoms with Crippen molar-refractivity contribution in [2.45, 2.75) is 0 Å². The molecule has 0 unspecified atom stereocenters. The molecule has 1 aromatic heterocycles. The molecule has 0 aliphatic heterocycles. The highest BCUT2D eigenvalue weighted by molar-refractivity contribution is 5.44. The average molecular weight is 203 g/mol. The molecule has 15 heavy (non-hydrogen) atoms. The predicted octanol–water partition coefficient (Wildman–Crippen LogP) is 2.27. The van der Waals surface area contributed by atoms with Crippen molar-refractivity contribution in [2.24, 2.45) is 0 Å². The van der Waals surface area contributed by atoms with Gasteiger partial charge >= 0.3 is 5.82 Å². The number of nitro groups is 1. The van der Waals surface area contributed by atoms with Crippen molar-refractivity contribution in [3.05, 3.63) is 58.8 Å². The van der Waals surface area contributed by atoms with Crippen LogP contribution in [-0.4, -0.2) is 9.60 Å². The third-order valence-electron chi connectivity index (χ3n) is 1.94. The molecular formula is C10H9N3O2. The Balaban J connectivity index is 2.25. The highest BCUT2D eigenvalue weighted by atomic mass is 16.6. The van der Waals surface area contributed by atoms with Gasteiger partial charge in [0.05, 0.1) is 5.69 Å². The van der Waals surface area contributed by atoms with Gasteiger partial charge < -0.3 is 10.1 Å². The standard InChI is InChI=1S/C10H9N3O2/c14-13(15)10-7-4-8-12(10)11-9-5-2-1-3-6-9/h1-8,11H. The highest BCUT2D eigenvalue weighted by Gasteiger charge is 2.10. The zero-order chi connectivity index (χ0) is 10.7. The minimum absolute atomic E-state index is 0.0128. The van der Waals surface area contributed by atoms with E-state index in [0.717, 1.165) is 5.69 Å². The first-order chi connectivity index (χ1) is 7.27. The summed E-state index contributed by atoms with van der Waals surface area (Å²) in [6.07, 6.45) is 1.60. The number of hydrogen-bond donors (Lipinski definition) is 1. The van der Waals surface area contributed by atoms with E-state index in [-0.39, 0.29) is 5.82 Å². The lowest BCUT2D eigenvalue weighted by Gasteiger charge is -2.03. The third-order valence-corrected chi connectivity index (χ3v) is 1.94. The Bertz CT molecular complexity index is 465. The van der Waals surface area contributed by atoms with Crippen LogP contribution in [0.1, 0.15) is 0 Å². The van der Waals surface area contributed by atoms with E-state index in [1.807, 2.05) is 30.3 Å². The Morgan fingerprint density at radius 2 is 1.87 bits per heavy atom. The van der Waals surface area contributed by atoms with E-state index in [4.69, 9.17) is 0 Å². The average Bonchev–Trinajstić information content (AvgIpc) is 2.67. The number of nitrogens with one attached hydrogen (secondary N) is 1. The van der Waals surface area contributed by atoms with Crippen molar-refractivity contribution in [2.75, 3.05) is 5.43 Å². The van der Waals surface area contributed by atoms with Crippen molar-refractivity contribution in [1.82, 2.24) is 4.68 Å². The molecule has 76 valence electrons. The van der Waals surface area contributed by atoms with E-state index in [1.54, 1.807) is 12.3 Å². The van der Waals surface area contributed by atoms with E-state index >= 15 is 0 Å². The molecule has 1 heterocycles. The largest absolute Gasteiger partial charge is 0.358 e. The fourth-order valence-corrected chi connectivity index (χ4v) is 1.27. The molecular weight excluding hydrogens is 194 g/mol. The van der Waals surface area contributed by atoms with Gasteiger partial charge in [-0.1, -0.05) is 18.2 Å². The molecule has 0 saturated carbocycles. The van der Waals surface area contributed by atoms with Crippen molar-refractivity contribution in [1.29, 1.82) is 0 Å². The molecule has 0 aliphatic rings. The number of rotatable bonds is 3. The van der Waals surface area contributed by atoms with Gasteiger partial charge in [0.2, 0.25) is 0 Å². The minimum atomic E-state index is -0.435. The van der Waals surface area contributed by atoms with E-state index in [0.29, 0.717) is 0 Å². The molecule has 0 bridgehead atoms. The molecule has 2 rings (SSSR count). The molecule has 0 amide bonds. The van der Waals surface area contributed by atoms with Gasteiger partial charge in [-0.25, -0.2) is 5.43 Å². The van der Waals surface area contributed by atoms with Gasteiger partial charge in [-0.05, 0) is 23.1 Å².